The monoisotopic (exact) mass is 374 g/mol. The number of nitrogens with zero attached hydrogens (tertiary/aromatic N) is 2. The van der Waals surface area contributed by atoms with Crippen LogP contribution in [-0.2, 0) is 6.54 Å². The largest absolute Gasteiger partial charge is 0.494 e. The average Bonchev–Trinajstić information content (AvgIpc) is 2.66. The summed E-state index contributed by atoms with van der Waals surface area (Å²) in [6, 6.07) is 13.4. The van der Waals surface area contributed by atoms with E-state index in [1.807, 2.05) is 18.2 Å². The summed E-state index contributed by atoms with van der Waals surface area (Å²) in [6.45, 7) is 3.91. The molecule has 2 amide bonds. The number of piperazine rings is 1. The van der Waals surface area contributed by atoms with E-state index in [4.69, 9.17) is 22.1 Å². The van der Waals surface area contributed by atoms with Gasteiger partial charge in [-0.25, -0.2) is 4.79 Å². The predicted octanol–water partition coefficient (Wildman–Crippen LogP) is 3.28. The average molecular weight is 375 g/mol. The molecule has 138 valence electrons. The molecule has 1 saturated heterocycles. The van der Waals surface area contributed by atoms with Crippen molar-refractivity contribution in [2.24, 2.45) is 0 Å². The van der Waals surface area contributed by atoms with E-state index in [-0.39, 0.29) is 6.03 Å². The molecule has 0 radical (unpaired) electrons. The summed E-state index contributed by atoms with van der Waals surface area (Å²) in [5.74, 6) is 0.489. The fourth-order valence-corrected chi connectivity index (χ4v) is 3.14. The zero-order chi connectivity index (χ0) is 18.5. The number of halogens is 1. The number of rotatable bonds is 4. The van der Waals surface area contributed by atoms with Gasteiger partial charge >= 0.3 is 6.03 Å². The van der Waals surface area contributed by atoms with Crippen LogP contribution in [-0.4, -0.2) is 49.1 Å². The van der Waals surface area contributed by atoms with Crippen molar-refractivity contribution in [3.63, 3.8) is 0 Å². The van der Waals surface area contributed by atoms with Gasteiger partial charge in [0.1, 0.15) is 5.75 Å². The number of carbonyl (C=O) groups excluding carboxylic acids is 1. The van der Waals surface area contributed by atoms with Gasteiger partial charge in [-0.05, 0) is 11.6 Å². The first-order chi connectivity index (χ1) is 12.6. The van der Waals surface area contributed by atoms with Crippen LogP contribution in [0.1, 0.15) is 5.56 Å². The summed E-state index contributed by atoms with van der Waals surface area (Å²) < 4.78 is 5.27. The Morgan fingerprint density at radius 3 is 2.54 bits per heavy atom. The fourth-order valence-electron chi connectivity index (χ4n) is 2.98. The first-order valence-corrected chi connectivity index (χ1v) is 8.90. The van der Waals surface area contributed by atoms with Gasteiger partial charge in [0.15, 0.2) is 0 Å². The Hall–Kier alpha value is -2.44. The molecule has 2 aromatic carbocycles. The van der Waals surface area contributed by atoms with Gasteiger partial charge < -0.3 is 20.7 Å². The van der Waals surface area contributed by atoms with Gasteiger partial charge in [-0.1, -0.05) is 41.9 Å². The molecule has 0 atom stereocenters. The number of nitrogens with one attached hydrogen (secondary N) is 1. The van der Waals surface area contributed by atoms with E-state index >= 15 is 0 Å². The summed E-state index contributed by atoms with van der Waals surface area (Å²) >= 11 is 6.06. The Labute approximate surface area is 158 Å². The van der Waals surface area contributed by atoms with E-state index in [1.54, 1.807) is 17.0 Å². The zero-order valence-corrected chi connectivity index (χ0v) is 15.5. The van der Waals surface area contributed by atoms with E-state index in [2.05, 4.69) is 22.3 Å². The van der Waals surface area contributed by atoms with E-state index in [0.29, 0.717) is 35.2 Å². The van der Waals surface area contributed by atoms with Crippen molar-refractivity contribution >= 4 is 29.0 Å². The molecule has 0 aliphatic carbocycles. The molecule has 7 heteroatoms. The molecule has 2 aromatic rings. The molecule has 26 heavy (non-hydrogen) atoms. The molecule has 1 heterocycles. The second-order valence-corrected chi connectivity index (χ2v) is 6.66. The first kappa shape index (κ1) is 18.4. The predicted molar refractivity (Wildman–Crippen MR) is 105 cm³/mol. The molecule has 0 bridgehead atoms. The lowest BCUT2D eigenvalue weighted by Gasteiger charge is -2.34. The number of nitrogen functional groups attached to an aromatic ring is 1. The lowest BCUT2D eigenvalue weighted by atomic mass is 10.2. The molecule has 1 fully saturated rings. The van der Waals surface area contributed by atoms with Crippen LogP contribution < -0.4 is 15.8 Å². The van der Waals surface area contributed by atoms with Gasteiger partial charge in [-0.3, -0.25) is 4.90 Å². The van der Waals surface area contributed by atoms with Crippen molar-refractivity contribution in [1.82, 2.24) is 9.80 Å². The Morgan fingerprint density at radius 2 is 1.88 bits per heavy atom. The van der Waals surface area contributed by atoms with Gasteiger partial charge in [0.25, 0.3) is 0 Å². The summed E-state index contributed by atoms with van der Waals surface area (Å²) in [5, 5.41) is 3.25. The maximum absolute atomic E-state index is 12.6. The number of methoxy groups -OCH3 is 1. The van der Waals surface area contributed by atoms with E-state index in [9.17, 15) is 4.79 Å². The number of hydrogen-bond acceptors (Lipinski definition) is 4. The number of hydrogen-bond donors (Lipinski definition) is 2. The van der Waals surface area contributed by atoms with Crippen molar-refractivity contribution < 1.29 is 9.53 Å². The SMILES string of the molecule is COc1cc(N)c(Cl)cc1NC(=O)N1CCN(Cc2ccccc2)CC1. The van der Waals surface area contributed by atoms with E-state index in [1.165, 1.54) is 12.7 Å². The first-order valence-electron chi connectivity index (χ1n) is 8.52. The molecular formula is C19H23ClN4O2. The number of urea groups is 1. The minimum Gasteiger partial charge on any atom is -0.494 e. The van der Waals surface area contributed by atoms with Gasteiger partial charge in [-0.15, -0.1) is 0 Å². The molecule has 0 unspecified atom stereocenters. The van der Waals surface area contributed by atoms with Crippen LogP contribution in [0.15, 0.2) is 42.5 Å². The molecule has 0 spiro atoms. The number of nitrogens with two attached hydrogens (primary N) is 1. The number of carbonyl (C=O) groups is 1. The van der Waals surface area contributed by atoms with E-state index < -0.39 is 0 Å². The quantitative estimate of drug-likeness (QED) is 0.806. The lowest BCUT2D eigenvalue weighted by Crippen LogP contribution is -2.49. The third kappa shape index (κ3) is 4.39. The van der Waals surface area contributed by atoms with Gasteiger partial charge in [-0.2, -0.15) is 0 Å². The Bertz CT molecular complexity index is 762. The normalized spacial score (nSPS) is 14.9. The third-order valence-electron chi connectivity index (χ3n) is 4.47. The molecule has 3 N–H and O–H groups in total. The molecule has 6 nitrogen and oxygen atoms in total. The number of ether oxygens (including phenoxy) is 1. The second kappa shape index (κ2) is 8.29. The Balaban J connectivity index is 1.56. The van der Waals surface area contributed by atoms with Crippen LogP contribution in [0.25, 0.3) is 0 Å². The zero-order valence-electron chi connectivity index (χ0n) is 14.7. The van der Waals surface area contributed by atoms with Gasteiger partial charge in [0.2, 0.25) is 0 Å². The van der Waals surface area contributed by atoms with Crippen LogP contribution in [0.4, 0.5) is 16.2 Å². The smallest absolute Gasteiger partial charge is 0.322 e. The summed E-state index contributed by atoms with van der Waals surface area (Å²) in [5.41, 5.74) is 7.99. The van der Waals surface area contributed by atoms with Crippen molar-refractivity contribution in [2.45, 2.75) is 6.54 Å². The molecule has 0 aromatic heterocycles. The molecular weight excluding hydrogens is 352 g/mol. The number of anilines is 2. The molecule has 0 saturated carbocycles. The summed E-state index contributed by atoms with van der Waals surface area (Å²) in [6.07, 6.45) is 0. The highest BCUT2D eigenvalue weighted by Gasteiger charge is 2.22. The Morgan fingerprint density at radius 1 is 1.19 bits per heavy atom. The minimum absolute atomic E-state index is 0.163. The Kier molecular flexibility index (Phi) is 5.85. The maximum atomic E-state index is 12.6. The highest BCUT2D eigenvalue weighted by atomic mass is 35.5. The highest BCUT2D eigenvalue weighted by Crippen LogP contribution is 2.33. The van der Waals surface area contributed by atoms with Crippen molar-refractivity contribution in [3.8, 4) is 5.75 Å². The van der Waals surface area contributed by atoms with Crippen LogP contribution in [0.5, 0.6) is 5.75 Å². The second-order valence-electron chi connectivity index (χ2n) is 6.25. The van der Waals surface area contributed by atoms with Gasteiger partial charge in [0, 0.05) is 38.8 Å². The van der Waals surface area contributed by atoms with Crippen molar-refractivity contribution in [1.29, 1.82) is 0 Å². The van der Waals surface area contributed by atoms with Crippen LogP contribution >= 0.6 is 11.6 Å². The standard InChI is InChI=1S/C19H23ClN4O2/c1-26-18-12-16(21)15(20)11-17(18)22-19(25)24-9-7-23(8-10-24)13-14-5-3-2-4-6-14/h2-6,11-12H,7-10,13,21H2,1H3,(H,22,25). The van der Waals surface area contributed by atoms with Crippen molar-refractivity contribution in [3.05, 3.63) is 53.1 Å². The maximum Gasteiger partial charge on any atom is 0.322 e. The van der Waals surface area contributed by atoms with Crippen molar-refractivity contribution in [2.75, 3.05) is 44.3 Å². The number of amides is 2. The van der Waals surface area contributed by atoms with Gasteiger partial charge in [0.05, 0.1) is 23.5 Å². The molecule has 3 rings (SSSR count). The fraction of sp³-hybridized carbons (Fsp3) is 0.316. The molecule has 1 aliphatic rings. The van der Waals surface area contributed by atoms with Crippen LogP contribution in [0.3, 0.4) is 0 Å². The van der Waals surface area contributed by atoms with Crippen LogP contribution in [0, 0.1) is 0 Å². The number of benzene rings is 2. The summed E-state index contributed by atoms with van der Waals surface area (Å²) in [7, 11) is 1.53. The highest BCUT2D eigenvalue weighted by molar-refractivity contribution is 6.33. The summed E-state index contributed by atoms with van der Waals surface area (Å²) in [4.78, 5) is 16.7. The lowest BCUT2D eigenvalue weighted by molar-refractivity contribution is 0.143. The molecule has 1 aliphatic heterocycles. The van der Waals surface area contributed by atoms with E-state index in [0.717, 1.165) is 19.6 Å². The minimum atomic E-state index is -0.163. The topological polar surface area (TPSA) is 70.8 Å². The third-order valence-corrected chi connectivity index (χ3v) is 4.80. The van der Waals surface area contributed by atoms with Crippen LogP contribution in [0.2, 0.25) is 5.02 Å².